The van der Waals surface area contributed by atoms with Gasteiger partial charge in [-0.2, -0.15) is 0 Å². The fourth-order valence-electron chi connectivity index (χ4n) is 3.14. The predicted molar refractivity (Wildman–Crippen MR) is 118 cm³/mol. The van der Waals surface area contributed by atoms with Gasteiger partial charge >= 0.3 is 0 Å². The van der Waals surface area contributed by atoms with Crippen molar-refractivity contribution in [3.8, 4) is 10.4 Å². The smallest absolute Gasteiger partial charge is 0.221 e. The molecule has 0 fully saturated rings. The number of anilines is 1. The molecule has 0 aliphatic rings. The van der Waals surface area contributed by atoms with Crippen LogP contribution in [0.4, 0.5) is 5.82 Å². The maximum atomic E-state index is 12.1. The molecule has 5 nitrogen and oxygen atoms in total. The Morgan fingerprint density at radius 3 is 2.75 bits per heavy atom. The van der Waals surface area contributed by atoms with E-state index in [0.717, 1.165) is 29.0 Å². The zero-order valence-electron chi connectivity index (χ0n) is 16.6. The Labute approximate surface area is 170 Å². The van der Waals surface area contributed by atoms with Gasteiger partial charge in [0.2, 0.25) is 5.91 Å². The van der Waals surface area contributed by atoms with Crippen molar-refractivity contribution in [1.82, 2.24) is 15.3 Å². The van der Waals surface area contributed by atoms with Crippen molar-refractivity contribution in [2.75, 3.05) is 25.0 Å². The second kappa shape index (κ2) is 10.2. The van der Waals surface area contributed by atoms with Gasteiger partial charge in [0.15, 0.2) is 0 Å². The highest BCUT2D eigenvalue weighted by atomic mass is 32.1. The molecule has 0 bridgehead atoms. The Hall–Kier alpha value is -2.47. The average Bonchev–Trinajstić information content (AvgIpc) is 3.17. The van der Waals surface area contributed by atoms with E-state index in [0.29, 0.717) is 13.0 Å². The lowest BCUT2D eigenvalue weighted by molar-refractivity contribution is -0.120. The molecule has 1 amide bonds. The van der Waals surface area contributed by atoms with E-state index in [9.17, 15) is 4.79 Å². The van der Waals surface area contributed by atoms with Gasteiger partial charge < -0.3 is 10.2 Å². The van der Waals surface area contributed by atoms with Gasteiger partial charge in [-0.1, -0.05) is 56.5 Å². The molecule has 1 aromatic carbocycles. The number of nitrogens with zero attached hydrogens (tertiary/aromatic N) is 3. The Balaban J connectivity index is 1.61. The second-order valence-electron chi connectivity index (χ2n) is 6.97. The van der Waals surface area contributed by atoms with Crippen molar-refractivity contribution in [3.63, 3.8) is 0 Å². The number of thiophene rings is 1. The average molecular weight is 397 g/mol. The highest BCUT2D eigenvalue weighted by Crippen LogP contribution is 2.35. The molecule has 2 aromatic heterocycles. The molecular formula is C22H28N4OS. The zero-order valence-corrected chi connectivity index (χ0v) is 17.5. The van der Waals surface area contributed by atoms with Gasteiger partial charge in [-0.15, -0.1) is 11.3 Å². The molecule has 148 valence electrons. The predicted octanol–water partition coefficient (Wildman–Crippen LogP) is 4.88. The van der Waals surface area contributed by atoms with Crippen molar-refractivity contribution in [2.45, 2.75) is 39.0 Å². The standard InChI is InChI=1S/C22H28N4OS/c1-3-4-5-9-13-23-20(27)12-14-26(2)21-18-15-19(17-10-7-6-8-11-17)28-22(18)25-16-24-21/h6-8,10-11,15-16H,3-5,9,12-14H2,1-2H3,(H,23,27). The number of amides is 1. The summed E-state index contributed by atoms with van der Waals surface area (Å²) in [6, 6.07) is 12.5. The number of rotatable bonds is 10. The van der Waals surface area contributed by atoms with Crippen molar-refractivity contribution < 1.29 is 4.79 Å². The van der Waals surface area contributed by atoms with Crippen LogP contribution < -0.4 is 10.2 Å². The summed E-state index contributed by atoms with van der Waals surface area (Å²) in [5.74, 6) is 0.975. The maximum Gasteiger partial charge on any atom is 0.221 e. The summed E-state index contributed by atoms with van der Waals surface area (Å²) >= 11 is 1.67. The molecule has 1 N–H and O–H groups in total. The van der Waals surface area contributed by atoms with E-state index >= 15 is 0 Å². The van der Waals surface area contributed by atoms with E-state index in [-0.39, 0.29) is 5.91 Å². The Morgan fingerprint density at radius 2 is 1.96 bits per heavy atom. The van der Waals surface area contributed by atoms with E-state index in [1.165, 1.54) is 29.7 Å². The largest absolute Gasteiger partial charge is 0.359 e. The minimum atomic E-state index is 0.101. The summed E-state index contributed by atoms with van der Waals surface area (Å²) in [4.78, 5) is 25.2. The molecule has 0 saturated carbocycles. The molecule has 3 aromatic rings. The van der Waals surface area contributed by atoms with Crippen molar-refractivity contribution in [1.29, 1.82) is 0 Å². The van der Waals surface area contributed by atoms with Gasteiger partial charge in [0.25, 0.3) is 0 Å². The van der Waals surface area contributed by atoms with Gasteiger partial charge in [0.05, 0.1) is 5.39 Å². The highest BCUT2D eigenvalue weighted by molar-refractivity contribution is 7.21. The first-order chi connectivity index (χ1) is 13.7. The molecule has 0 saturated heterocycles. The number of hydrogen-bond donors (Lipinski definition) is 1. The Bertz CT molecular complexity index is 894. The summed E-state index contributed by atoms with van der Waals surface area (Å²) in [5, 5.41) is 4.05. The first-order valence-corrected chi connectivity index (χ1v) is 10.8. The van der Waals surface area contributed by atoms with E-state index in [4.69, 9.17) is 0 Å². The summed E-state index contributed by atoms with van der Waals surface area (Å²) in [6.07, 6.45) is 6.74. The second-order valence-corrected chi connectivity index (χ2v) is 8.01. The molecule has 0 radical (unpaired) electrons. The fraction of sp³-hybridized carbons (Fsp3) is 0.409. The fourth-order valence-corrected chi connectivity index (χ4v) is 4.13. The van der Waals surface area contributed by atoms with Crippen LogP contribution in [0.2, 0.25) is 0 Å². The third kappa shape index (κ3) is 5.29. The summed E-state index contributed by atoms with van der Waals surface area (Å²) in [5.41, 5.74) is 1.18. The van der Waals surface area contributed by atoms with Crippen LogP contribution in [0.3, 0.4) is 0 Å². The van der Waals surface area contributed by atoms with Crippen LogP contribution >= 0.6 is 11.3 Å². The molecule has 0 aliphatic carbocycles. The Morgan fingerprint density at radius 1 is 1.14 bits per heavy atom. The summed E-state index contributed by atoms with van der Waals surface area (Å²) in [6.45, 7) is 3.59. The van der Waals surface area contributed by atoms with Crippen molar-refractivity contribution >= 4 is 33.3 Å². The van der Waals surface area contributed by atoms with Gasteiger partial charge in [0.1, 0.15) is 17.0 Å². The monoisotopic (exact) mass is 396 g/mol. The van der Waals surface area contributed by atoms with Crippen LogP contribution in [0.25, 0.3) is 20.7 Å². The number of hydrogen-bond acceptors (Lipinski definition) is 5. The number of aromatic nitrogens is 2. The van der Waals surface area contributed by atoms with Gasteiger partial charge in [-0.25, -0.2) is 9.97 Å². The molecule has 0 spiro atoms. The lowest BCUT2D eigenvalue weighted by Crippen LogP contribution is -2.29. The molecule has 3 rings (SSSR count). The molecule has 0 aliphatic heterocycles. The number of fused-ring (bicyclic) bond motifs is 1. The van der Waals surface area contributed by atoms with Crippen LogP contribution in [0, 0.1) is 0 Å². The molecule has 2 heterocycles. The zero-order chi connectivity index (χ0) is 19.8. The van der Waals surface area contributed by atoms with Gasteiger partial charge in [-0.3, -0.25) is 4.79 Å². The van der Waals surface area contributed by atoms with Crippen LogP contribution in [-0.4, -0.2) is 36.0 Å². The molecule has 28 heavy (non-hydrogen) atoms. The number of benzene rings is 1. The number of unbranched alkanes of at least 4 members (excludes halogenated alkanes) is 3. The summed E-state index contributed by atoms with van der Waals surface area (Å²) in [7, 11) is 1.98. The lowest BCUT2D eigenvalue weighted by atomic mass is 10.2. The molecule has 0 atom stereocenters. The van der Waals surface area contributed by atoms with E-state index in [1.54, 1.807) is 17.7 Å². The van der Waals surface area contributed by atoms with E-state index in [1.807, 2.05) is 30.1 Å². The molecular weight excluding hydrogens is 368 g/mol. The third-order valence-electron chi connectivity index (χ3n) is 4.76. The lowest BCUT2D eigenvalue weighted by Gasteiger charge is -2.18. The van der Waals surface area contributed by atoms with Crippen molar-refractivity contribution in [2.24, 2.45) is 0 Å². The van der Waals surface area contributed by atoms with E-state index < -0.39 is 0 Å². The van der Waals surface area contributed by atoms with Crippen molar-refractivity contribution in [3.05, 3.63) is 42.7 Å². The summed E-state index contributed by atoms with van der Waals surface area (Å²) < 4.78 is 0. The van der Waals surface area contributed by atoms with Crippen LogP contribution in [-0.2, 0) is 4.79 Å². The van der Waals surface area contributed by atoms with Gasteiger partial charge in [-0.05, 0) is 18.1 Å². The van der Waals surface area contributed by atoms with Crippen LogP contribution in [0.15, 0.2) is 42.7 Å². The number of carbonyl (C=O) groups is 1. The maximum absolute atomic E-state index is 12.1. The van der Waals surface area contributed by atoms with E-state index in [2.05, 4.69) is 40.4 Å². The van der Waals surface area contributed by atoms with Gasteiger partial charge in [0, 0.05) is 31.4 Å². The number of carbonyl (C=O) groups excluding carboxylic acids is 1. The third-order valence-corrected chi connectivity index (χ3v) is 5.85. The Kier molecular flexibility index (Phi) is 7.37. The minimum Gasteiger partial charge on any atom is -0.359 e. The first-order valence-electron chi connectivity index (χ1n) is 9.97. The number of nitrogens with one attached hydrogen (secondary N) is 1. The molecule has 0 unspecified atom stereocenters. The SMILES string of the molecule is CCCCCCNC(=O)CCN(C)c1ncnc2sc(-c3ccccc3)cc12. The van der Waals surface area contributed by atoms with Crippen LogP contribution in [0.1, 0.15) is 39.0 Å². The highest BCUT2D eigenvalue weighted by Gasteiger charge is 2.14. The topological polar surface area (TPSA) is 58.1 Å². The minimum absolute atomic E-state index is 0.101. The quantitative estimate of drug-likeness (QED) is 0.496. The normalized spacial score (nSPS) is 10.9. The first kappa shape index (κ1) is 20.3. The molecule has 6 heteroatoms. The van der Waals surface area contributed by atoms with Crippen LogP contribution in [0.5, 0.6) is 0 Å².